The van der Waals surface area contributed by atoms with E-state index in [-0.39, 0.29) is 0 Å². The first kappa shape index (κ1) is 12.1. The van der Waals surface area contributed by atoms with Gasteiger partial charge in [0.05, 0.1) is 6.10 Å². The quantitative estimate of drug-likeness (QED) is 0.903. The Balaban J connectivity index is 2.17. The van der Waals surface area contributed by atoms with E-state index in [1.807, 2.05) is 37.3 Å². The maximum absolute atomic E-state index is 10.2. The first-order valence-corrected chi connectivity index (χ1v) is 5.87. The van der Waals surface area contributed by atoms with Crippen LogP contribution in [0.3, 0.4) is 0 Å². The number of hydrogen-bond donors (Lipinski definition) is 1. The molecule has 3 heteroatoms. The lowest BCUT2D eigenvalue weighted by atomic mass is 9.99. The Hall–Kier alpha value is -1.38. The second kappa shape index (κ2) is 5.30. The highest BCUT2D eigenvalue weighted by atomic mass is 35.5. The summed E-state index contributed by atoms with van der Waals surface area (Å²) in [5.41, 5.74) is 2.95. The van der Waals surface area contributed by atoms with Gasteiger partial charge < -0.3 is 5.11 Å². The van der Waals surface area contributed by atoms with Crippen LogP contribution in [-0.2, 0) is 6.42 Å². The highest BCUT2D eigenvalue weighted by Crippen LogP contribution is 2.22. The molecule has 0 saturated carbocycles. The summed E-state index contributed by atoms with van der Waals surface area (Å²) < 4.78 is 0. The van der Waals surface area contributed by atoms with Gasteiger partial charge in [-0.3, -0.25) is 4.98 Å². The van der Waals surface area contributed by atoms with Gasteiger partial charge in [-0.15, -0.1) is 0 Å². The Bertz CT molecular complexity index is 513. The van der Waals surface area contributed by atoms with Gasteiger partial charge in [0.15, 0.2) is 0 Å². The molecular weight excluding hydrogens is 234 g/mol. The van der Waals surface area contributed by atoms with Crippen molar-refractivity contribution in [3.05, 3.63) is 64.4 Å². The maximum atomic E-state index is 10.2. The summed E-state index contributed by atoms with van der Waals surface area (Å²) in [6.45, 7) is 1.95. The molecule has 0 saturated heterocycles. The van der Waals surface area contributed by atoms with Crippen LogP contribution in [0.25, 0.3) is 0 Å². The minimum atomic E-state index is -0.517. The summed E-state index contributed by atoms with van der Waals surface area (Å²) in [6.07, 6.45) is 3.50. The van der Waals surface area contributed by atoms with Gasteiger partial charge in [-0.2, -0.15) is 0 Å². The summed E-state index contributed by atoms with van der Waals surface area (Å²) in [7, 11) is 0. The zero-order valence-corrected chi connectivity index (χ0v) is 10.4. The molecule has 1 aromatic heterocycles. The highest BCUT2D eigenvalue weighted by Gasteiger charge is 2.11. The Morgan fingerprint density at radius 1 is 1.35 bits per heavy atom. The Morgan fingerprint density at radius 2 is 2.18 bits per heavy atom. The number of nitrogens with zero attached hydrogens (tertiary/aromatic N) is 1. The zero-order chi connectivity index (χ0) is 12.3. The maximum Gasteiger partial charge on any atom is 0.0834 e. The molecule has 88 valence electrons. The molecule has 0 aliphatic carbocycles. The van der Waals surface area contributed by atoms with E-state index in [0.717, 1.165) is 16.7 Å². The van der Waals surface area contributed by atoms with Crippen molar-refractivity contribution in [1.82, 2.24) is 4.98 Å². The van der Waals surface area contributed by atoms with E-state index >= 15 is 0 Å². The monoisotopic (exact) mass is 247 g/mol. The Morgan fingerprint density at radius 3 is 2.88 bits per heavy atom. The summed E-state index contributed by atoms with van der Waals surface area (Å²) in [5, 5.41) is 10.9. The number of benzene rings is 1. The molecule has 2 aromatic rings. The standard InChI is InChI=1S/C14H14ClNO/c1-10-9-16-6-5-13(10)14(17)8-11-3-2-4-12(15)7-11/h2-7,9,14,17H,8H2,1H3. The Labute approximate surface area is 106 Å². The van der Waals surface area contributed by atoms with E-state index < -0.39 is 6.10 Å². The van der Waals surface area contributed by atoms with Crippen LogP contribution >= 0.6 is 11.6 Å². The molecule has 2 nitrogen and oxygen atoms in total. The first-order valence-electron chi connectivity index (χ1n) is 5.50. The number of pyridine rings is 1. The van der Waals surface area contributed by atoms with Crippen LogP contribution in [-0.4, -0.2) is 10.1 Å². The van der Waals surface area contributed by atoms with Crippen LogP contribution in [0.4, 0.5) is 0 Å². The molecule has 0 fully saturated rings. The largest absolute Gasteiger partial charge is 0.388 e. The number of aliphatic hydroxyl groups excluding tert-OH is 1. The summed E-state index contributed by atoms with van der Waals surface area (Å²) >= 11 is 5.91. The van der Waals surface area contributed by atoms with Crippen molar-refractivity contribution in [1.29, 1.82) is 0 Å². The van der Waals surface area contributed by atoms with Crippen molar-refractivity contribution in [2.45, 2.75) is 19.4 Å². The third kappa shape index (κ3) is 3.05. The van der Waals surface area contributed by atoms with Gasteiger partial charge in [-0.1, -0.05) is 23.7 Å². The van der Waals surface area contributed by atoms with Gasteiger partial charge >= 0.3 is 0 Å². The van der Waals surface area contributed by atoms with E-state index in [9.17, 15) is 5.11 Å². The summed E-state index contributed by atoms with van der Waals surface area (Å²) in [6, 6.07) is 9.41. The minimum Gasteiger partial charge on any atom is -0.388 e. The average Bonchev–Trinajstić information content (AvgIpc) is 2.29. The van der Waals surface area contributed by atoms with Crippen LogP contribution < -0.4 is 0 Å². The lowest BCUT2D eigenvalue weighted by Crippen LogP contribution is -2.04. The van der Waals surface area contributed by atoms with Gasteiger partial charge in [0.1, 0.15) is 0 Å². The van der Waals surface area contributed by atoms with Crippen molar-refractivity contribution >= 4 is 11.6 Å². The molecule has 0 bridgehead atoms. The molecule has 1 heterocycles. The van der Waals surface area contributed by atoms with E-state index in [1.54, 1.807) is 12.4 Å². The van der Waals surface area contributed by atoms with Crippen LogP contribution in [0.2, 0.25) is 5.02 Å². The van der Waals surface area contributed by atoms with Crippen LogP contribution in [0.5, 0.6) is 0 Å². The number of aryl methyl sites for hydroxylation is 1. The van der Waals surface area contributed by atoms with E-state index in [1.165, 1.54) is 0 Å². The lowest BCUT2D eigenvalue weighted by Gasteiger charge is -2.13. The molecule has 0 spiro atoms. The normalized spacial score (nSPS) is 12.4. The highest BCUT2D eigenvalue weighted by molar-refractivity contribution is 6.30. The number of halogens is 1. The van der Waals surface area contributed by atoms with Gasteiger partial charge in [-0.25, -0.2) is 0 Å². The van der Waals surface area contributed by atoms with Crippen LogP contribution in [0.15, 0.2) is 42.7 Å². The van der Waals surface area contributed by atoms with Crippen LogP contribution in [0, 0.1) is 6.92 Å². The van der Waals surface area contributed by atoms with Gasteiger partial charge in [0, 0.05) is 23.8 Å². The minimum absolute atomic E-state index is 0.517. The molecule has 1 N–H and O–H groups in total. The molecule has 0 aliphatic heterocycles. The van der Waals surface area contributed by atoms with Gasteiger partial charge in [0.2, 0.25) is 0 Å². The molecule has 2 rings (SSSR count). The molecule has 0 aliphatic rings. The lowest BCUT2D eigenvalue weighted by molar-refractivity contribution is 0.177. The molecule has 0 radical (unpaired) electrons. The van der Waals surface area contributed by atoms with E-state index in [0.29, 0.717) is 11.4 Å². The molecule has 1 atom stereocenters. The van der Waals surface area contributed by atoms with Crippen molar-refractivity contribution < 1.29 is 5.11 Å². The van der Waals surface area contributed by atoms with Crippen molar-refractivity contribution in [2.75, 3.05) is 0 Å². The van der Waals surface area contributed by atoms with Crippen LogP contribution in [0.1, 0.15) is 22.8 Å². The third-order valence-electron chi connectivity index (χ3n) is 2.74. The number of hydrogen-bond acceptors (Lipinski definition) is 2. The fourth-order valence-electron chi connectivity index (χ4n) is 1.86. The molecule has 17 heavy (non-hydrogen) atoms. The zero-order valence-electron chi connectivity index (χ0n) is 9.60. The van der Waals surface area contributed by atoms with E-state index in [4.69, 9.17) is 11.6 Å². The molecule has 0 amide bonds. The molecule has 1 aromatic carbocycles. The van der Waals surface area contributed by atoms with Gasteiger partial charge in [0.25, 0.3) is 0 Å². The van der Waals surface area contributed by atoms with E-state index in [2.05, 4.69) is 4.98 Å². The average molecular weight is 248 g/mol. The predicted molar refractivity (Wildman–Crippen MR) is 69.1 cm³/mol. The molecular formula is C14H14ClNO. The summed E-state index contributed by atoms with van der Waals surface area (Å²) in [5.74, 6) is 0. The second-order valence-corrected chi connectivity index (χ2v) is 4.52. The van der Waals surface area contributed by atoms with Gasteiger partial charge in [-0.05, 0) is 41.8 Å². The number of rotatable bonds is 3. The SMILES string of the molecule is Cc1cnccc1C(O)Cc1cccc(Cl)c1. The topological polar surface area (TPSA) is 33.1 Å². The molecule has 1 unspecified atom stereocenters. The summed E-state index contributed by atoms with van der Waals surface area (Å²) in [4.78, 5) is 4.02. The third-order valence-corrected chi connectivity index (χ3v) is 2.98. The fourth-order valence-corrected chi connectivity index (χ4v) is 2.07. The first-order chi connectivity index (χ1) is 8.16. The number of aromatic nitrogens is 1. The smallest absolute Gasteiger partial charge is 0.0834 e. The number of aliphatic hydroxyl groups is 1. The second-order valence-electron chi connectivity index (χ2n) is 4.08. The van der Waals surface area contributed by atoms with Crippen molar-refractivity contribution in [2.24, 2.45) is 0 Å². The van der Waals surface area contributed by atoms with Crippen molar-refractivity contribution in [3.8, 4) is 0 Å². The fraction of sp³-hybridized carbons (Fsp3) is 0.214. The Kier molecular flexibility index (Phi) is 3.77. The van der Waals surface area contributed by atoms with Crippen molar-refractivity contribution in [3.63, 3.8) is 0 Å². The predicted octanol–water partition coefficient (Wildman–Crippen LogP) is 3.32.